The lowest BCUT2D eigenvalue weighted by atomic mass is 10.1. The van der Waals surface area contributed by atoms with Crippen LogP contribution in [0.3, 0.4) is 0 Å². The second-order valence-electron chi connectivity index (χ2n) is 4.88. The Morgan fingerprint density at radius 3 is 2.50 bits per heavy atom. The summed E-state index contributed by atoms with van der Waals surface area (Å²) in [6, 6.07) is 16.6. The van der Waals surface area contributed by atoms with Crippen LogP contribution in [0.4, 0.5) is 0 Å². The Balaban J connectivity index is 2.00. The van der Waals surface area contributed by atoms with Gasteiger partial charge in [-0.05, 0) is 49.6 Å². The summed E-state index contributed by atoms with van der Waals surface area (Å²) in [5.41, 5.74) is 3.37. The first-order valence-corrected chi connectivity index (χ1v) is 6.86. The summed E-state index contributed by atoms with van der Waals surface area (Å²) in [6.07, 6.45) is 1.93. The minimum absolute atomic E-state index is 0.687. The molecule has 20 heavy (non-hydrogen) atoms. The number of pyridine rings is 1. The van der Waals surface area contributed by atoms with Crippen molar-refractivity contribution in [3.8, 4) is 17.0 Å². The van der Waals surface area contributed by atoms with Gasteiger partial charge < -0.3 is 4.74 Å². The molecule has 2 heteroatoms. The summed E-state index contributed by atoms with van der Waals surface area (Å²) in [7, 11) is 0. The molecule has 0 aliphatic heterocycles. The number of nitrogens with zero attached hydrogens (tertiary/aromatic N) is 1. The van der Waals surface area contributed by atoms with Gasteiger partial charge in [0.1, 0.15) is 5.75 Å². The minimum Gasteiger partial charge on any atom is -0.494 e. The fourth-order valence-corrected chi connectivity index (χ4v) is 2.31. The Labute approximate surface area is 119 Å². The summed E-state index contributed by atoms with van der Waals surface area (Å²) >= 11 is 0. The molecule has 100 valence electrons. The van der Waals surface area contributed by atoms with E-state index in [1.54, 1.807) is 0 Å². The van der Waals surface area contributed by atoms with Crippen LogP contribution in [0, 0.1) is 6.92 Å². The van der Waals surface area contributed by atoms with E-state index >= 15 is 0 Å². The third-order valence-corrected chi connectivity index (χ3v) is 3.34. The number of hydrogen-bond acceptors (Lipinski definition) is 2. The number of aryl methyl sites for hydroxylation is 1. The van der Waals surface area contributed by atoms with Gasteiger partial charge in [0.25, 0.3) is 0 Å². The summed E-state index contributed by atoms with van der Waals surface area (Å²) in [5.74, 6) is 0.896. The third-order valence-electron chi connectivity index (χ3n) is 3.34. The van der Waals surface area contributed by atoms with Gasteiger partial charge >= 0.3 is 0 Å². The smallest absolute Gasteiger partial charge is 0.119 e. The molecule has 0 N–H and O–H groups in total. The van der Waals surface area contributed by atoms with Gasteiger partial charge in [-0.1, -0.05) is 23.8 Å². The lowest BCUT2D eigenvalue weighted by Crippen LogP contribution is -1.91. The van der Waals surface area contributed by atoms with E-state index < -0.39 is 0 Å². The first kappa shape index (κ1) is 12.7. The second kappa shape index (κ2) is 5.33. The SMILES string of the molecule is CCOc1ccc(-c2cc3cc(C)ccc3cn2)cc1. The van der Waals surface area contributed by atoms with Gasteiger partial charge in [-0.15, -0.1) is 0 Å². The Hall–Kier alpha value is -2.35. The van der Waals surface area contributed by atoms with Crippen molar-refractivity contribution in [1.29, 1.82) is 0 Å². The molecule has 0 bridgehead atoms. The van der Waals surface area contributed by atoms with E-state index in [1.165, 1.54) is 16.3 Å². The Kier molecular flexibility index (Phi) is 3.38. The maximum absolute atomic E-state index is 5.46. The van der Waals surface area contributed by atoms with Crippen molar-refractivity contribution in [2.24, 2.45) is 0 Å². The zero-order valence-corrected chi connectivity index (χ0v) is 11.8. The standard InChI is InChI=1S/C18H17NO/c1-3-20-17-8-6-14(7-9-17)18-11-16-10-13(2)4-5-15(16)12-19-18/h4-12H,3H2,1-2H3. The fraction of sp³-hybridized carbons (Fsp3) is 0.167. The fourth-order valence-electron chi connectivity index (χ4n) is 2.31. The highest BCUT2D eigenvalue weighted by Gasteiger charge is 2.02. The summed E-state index contributed by atoms with van der Waals surface area (Å²) < 4.78 is 5.46. The van der Waals surface area contributed by atoms with Gasteiger partial charge in [0.05, 0.1) is 12.3 Å². The molecule has 0 unspecified atom stereocenters. The quantitative estimate of drug-likeness (QED) is 0.688. The van der Waals surface area contributed by atoms with Gasteiger partial charge in [0.15, 0.2) is 0 Å². The minimum atomic E-state index is 0.687. The zero-order chi connectivity index (χ0) is 13.9. The highest BCUT2D eigenvalue weighted by atomic mass is 16.5. The molecule has 0 fully saturated rings. The summed E-state index contributed by atoms with van der Waals surface area (Å²) in [4.78, 5) is 4.54. The highest BCUT2D eigenvalue weighted by molar-refractivity contribution is 5.85. The molecule has 0 atom stereocenters. The van der Waals surface area contributed by atoms with Crippen molar-refractivity contribution >= 4 is 10.8 Å². The Bertz CT molecular complexity index is 732. The molecular formula is C18H17NO. The van der Waals surface area contributed by atoms with E-state index in [1.807, 2.05) is 25.3 Å². The Morgan fingerprint density at radius 2 is 1.75 bits per heavy atom. The topological polar surface area (TPSA) is 22.1 Å². The lowest BCUT2D eigenvalue weighted by molar-refractivity contribution is 0.340. The van der Waals surface area contributed by atoms with Crippen LogP contribution < -0.4 is 4.74 Å². The van der Waals surface area contributed by atoms with E-state index in [-0.39, 0.29) is 0 Å². The number of hydrogen-bond donors (Lipinski definition) is 0. The molecule has 1 heterocycles. The molecule has 0 saturated carbocycles. The number of rotatable bonds is 3. The van der Waals surface area contributed by atoms with Gasteiger partial charge in [0, 0.05) is 17.1 Å². The van der Waals surface area contributed by atoms with Crippen LogP contribution in [-0.4, -0.2) is 11.6 Å². The molecule has 0 amide bonds. The predicted octanol–water partition coefficient (Wildman–Crippen LogP) is 4.61. The van der Waals surface area contributed by atoms with Crippen molar-refractivity contribution in [2.45, 2.75) is 13.8 Å². The van der Waals surface area contributed by atoms with Crippen LogP contribution in [0.25, 0.3) is 22.0 Å². The van der Waals surface area contributed by atoms with E-state index in [2.05, 4.69) is 48.3 Å². The molecular weight excluding hydrogens is 246 g/mol. The second-order valence-corrected chi connectivity index (χ2v) is 4.88. The zero-order valence-electron chi connectivity index (χ0n) is 11.8. The van der Waals surface area contributed by atoms with Crippen LogP contribution >= 0.6 is 0 Å². The normalized spacial score (nSPS) is 10.7. The number of ether oxygens (including phenoxy) is 1. The van der Waals surface area contributed by atoms with E-state index in [4.69, 9.17) is 4.74 Å². The molecule has 0 saturated heterocycles. The van der Waals surface area contributed by atoms with Crippen molar-refractivity contribution in [2.75, 3.05) is 6.61 Å². The molecule has 3 rings (SSSR count). The van der Waals surface area contributed by atoms with E-state index in [9.17, 15) is 0 Å². The number of fused-ring (bicyclic) bond motifs is 1. The molecule has 0 aliphatic carbocycles. The molecule has 2 aromatic carbocycles. The molecule has 0 aliphatic rings. The predicted molar refractivity (Wildman–Crippen MR) is 83.1 cm³/mol. The van der Waals surface area contributed by atoms with Crippen LogP contribution in [0.2, 0.25) is 0 Å². The average Bonchev–Trinajstić information content (AvgIpc) is 2.47. The number of benzene rings is 2. The molecule has 0 radical (unpaired) electrons. The maximum atomic E-state index is 5.46. The first-order chi connectivity index (χ1) is 9.76. The monoisotopic (exact) mass is 263 g/mol. The maximum Gasteiger partial charge on any atom is 0.119 e. The van der Waals surface area contributed by atoms with Gasteiger partial charge in [-0.3, -0.25) is 4.98 Å². The first-order valence-electron chi connectivity index (χ1n) is 6.86. The lowest BCUT2D eigenvalue weighted by Gasteiger charge is -2.06. The van der Waals surface area contributed by atoms with Crippen LogP contribution in [0.5, 0.6) is 5.75 Å². The molecule has 3 aromatic rings. The van der Waals surface area contributed by atoms with E-state index in [0.717, 1.165) is 17.0 Å². The van der Waals surface area contributed by atoms with Gasteiger partial charge in [0.2, 0.25) is 0 Å². The largest absolute Gasteiger partial charge is 0.494 e. The van der Waals surface area contributed by atoms with Crippen molar-refractivity contribution in [3.63, 3.8) is 0 Å². The van der Waals surface area contributed by atoms with Crippen molar-refractivity contribution in [1.82, 2.24) is 4.98 Å². The van der Waals surface area contributed by atoms with Gasteiger partial charge in [-0.25, -0.2) is 0 Å². The van der Waals surface area contributed by atoms with Crippen LogP contribution in [0.15, 0.2) is 54.7 Å². The summed E-state index contributed by atoms with van der Waals surface area (Å²) in [6.45, 7) is 4.78. The molecule has 2 nitrogen and oxygen atoms in total. The third kappa shape index (κ3) is 2.50. The van der Waals surface area contributed by atoms with Crippen LogP contribution in [-0.2, 0) is 0 Å². The van der Waals surface area contributed by atoms with Crippen molar-refractivity contribution < 1.29 is 4.74 Å². The average molecular weight is 263 g/mol. The summed E-state index contributed by atoms with van der Waals surface area (Å²) in [5, 5.41) is 2.40. The number of aromatic nitrogens is 1. The van der Waals surface area contributed by atoms with Crippen molar-refractivity contribution in [3.05, 3.63) is 60.3 Å². The molecule has 1 aromatic heterocycles. The van der Waals surface area contributed by atoms with E-state index in [0.29, 0.717) is 6.61 Å². The highest BCUT2D eigenvalue weighted by Crippen LogP contribution is 2.24. The molecule has 0 spiro atoms. The Morgan fingerprint density at radius 1 is 0.950 bits per heavy atom. The van der Waals surface area contributed by atoms with Crippen LogP contribution in [0.1, 0.15) is 12.5 Å². The van der Waals surface area contributed by atoms with Gasteiger partial charge in [-0.2, -0.15) is 0 Å².